The molecule has 3 rings (SSSR count). The average Bonchev–Trinajstić information content (AvgIpc) is 3.21. The molecule has 0 spiro atoms. The molecule has 1 unspecified atom stereocenters. The predicted molar refractivity (Wildman–Crippen MR) is 90.6 cm³/mol. The van der Waals surface area contributed by atoms with Gasteiger partial charge in [0.15, 0.2) is 0 Å². The summed E-state index contributed by atoms with van der Waals surface area (Å²) in [5.41, 5.74) is 0.509. The Labute approximate surface area is 132 Å². The van der Waals surface area contributed by atoms with Crippen LogP contribution in [0.4, 0.5) is 0 Å². The summed E-state index contributed by atoms with van der Waals surface area (Å²) in [6.45, 7) is 5.11. The molecule has 2 aliphatic carbocycles. The van der Waals surface area contributed by atoms with Crippen molar-refractivity contribution in [3.8, 4) is 0 Å². The molecule has 2 nitrogen and oxygen atoms in total. The smallest absolute Gasteiger partial charge is 0.0365 e. The second-order valence-corrected chi connectivity index (χ2v) is 7.96. The SMILES string of the molecule is CCC1CCC(C(NC)C2(N3CCCC3)CCCC2)CC1. The van der Waals surface area contributed by atoms with Gasteiger partial charge in [-0.2, -0.15) is 0 Å². The van der Waals surface area contributed by atoms with Crippen molar-refractivity contribution in [2.45, 2.75) is 89.1 Å². The van der Waals surface area contributed by atoms with Crippen molar-refractivity contribution < 1.29 is 0 Å². The van der Waals surface area contributed by atoms with Gasteiger partial charge in [-0.3, -0.25) is 4.90 Å². The van der Waals surface area contributed by atoms with Crippen molar-refractivity contribution in [2.24, 2.45) is 11.8 Å². The first-order valence-electron chi connectivity index (χ1n) is 9.72. The maximum atomic E-state index is 3.82. The molecule has 1 aliphatic heterocycles. The highest BCUT2D eigenvalue weighted by Gasteiger charge is 2.48. The van der Waals surface area contributed by atoms with E-state index in [1.165, 1.54) is 83.7 Å². The van der Waals surface area contributed by atoms with Crippen molar-refractivity contribution in [3.63, 3.8) is 0 Å². The Morgan fingerprint density at radius 2 is 1.62 bits per heavy atom. The molecule has 1 saturated heterocycles. The molecule has 0 amide bonds. The fourth-order valence-corrected chi connectivity index (χ4v) is 5.85. The van der Waals surface area contributed by atoms with E-state index in [0.29, 0.717) is 5.54 Å². The quantitative estimate of drug-likeness (QED) is 0.817. The monoisotopic (exact) mass is 292 g/mol. The largest absolute Gasteiger partial charge is 0.315 e. The standard InChI is InChI=1S/C19H36N2/c1-3-16-8-10-17(11-9-16)18(20-2)19(12-4-5-13-19)21-14-6-7-15-21/h16-18,20H,3-15H2,1-2H3. The van der Waals surface area contributed by atoms with Crippen molar-refractivity contribution in [3.05, 3.63) is 0 Å². The minimum absolute atomic E-state index is 0.509. The van der Waals surface area contributed by atoms with Gasteiger partial charge in [-0.1, -0.05) is 39.0 Å². The van der Waals surface area contributed by atoms with Crippen LogP contribution in [0.15, 0.2) is 0 Å². The van der Waals surface area contributed by atoms with Gasteiger partial charge in [0.1, 0.15) is 0 Å². The fourth-order valence-electron chi connectivity index (χ4n) is 5.85. The van der Waals surface area contributed by atoms with Gasteiger partial charge in [-0.05, 0) is 70.5 Å². The lowest BCUT2D eigenvalue weighted by Gasteiger charge is -2.49. The minimum atomic E-state index is 0.509. The third-order valence-electron chi connectivity index (χ3n) is 7.04. The van der Waals surface area contributed by atoms with E-state index in [9.17, 15) is 0 Å². The summed E-state index contributed by atoms with van der Waals surface area (Å²) in [6.07, 6.45) is 16.0. The van der Waals surface area contributed by atoms with Crippen molar-refractivity contribution >= 4 is 0 Å². The number of hydrogen-bond donors (Lipinski definition) is 1. The summed E-state index contributed by atoms with van der Waals surface area (Å²) in [5, 5.41) is 3.82. The second-order valence-electron chi connectivity index (χ2n) is 7.96. The Morgan fingerprint density at radius 1 is 1.00 bits per heavy atom. The molecule has 3 fully saturated rings. The van der Waals surface area contributed by atoms with Crippen molar-refractivity contribution in [1.29, 1.82) is 0 Å². The Hall–Kier alpha value is -0.0800. The lowest BCUT2D eigenvalue weighted by atomic mass is 9.70. The maximum Gasteiger partial charge on any atom is 0.0365 e. The summed E-state index contributed by atoms with van der Waals surface area (Å²) in [4.78, 5) is 2.90. The Bertz CT molecular complexity index is 308. The van der Waals surface area contributed by atoms with Crippen LogP contribution in [0.25, 0.3) is 0 Å². The van der Waals surface area contributed by atoms with Gasteiger partial charge in [0, 0.05) is 11.6 Å². The molecule has 3 aliphatic rings. The van der Waals surface area contributed by atoms with Gasteiger partial charge < -0.3 is 5.32 Å². The second kappa shape index (κ2) is 7.00. The third kappa shape index (κ3) is 3.03. The van der Waals surface area contributed by atoms with Gasteiger partial charge in [0.2, 0.25) is 0 Å². The lowest BCUT2D eigenvalue weighted by molar-refractivity contribution is 0.0393. The van der Waals surface area contributed by atoms with Crippen molar-refractivity contribution in [1.82, 2.24) is 10.2 Å². The lowest BCUT2D eigenvalue weighted by Crippen LogP contribution is -2.61. The highest BCUT2D eigenvalue weighted by Crippen LogP contribution is 2.45. The number of likely N-dealkylation sites (tertiary alicyclic amines) is 1. The first-order valence-corrected chi connectivity index (χ1v) is 9.72. The van der Waals surface area contributed by atoms with Gasteiger partial charge in [-0.25, -0.2) is 0 Å². The van der Waals surface area contributed by atoms with Crippen LogP contribution in [0, 0.1) is 11.8 Å². The van der Waals surface area contributed by atoms with E-state index in [1.54, 1.807) is 0 Å². The zero-order chi connectivity index (χ0) is 14.7. The van der Waals surface area contributed by atoms with Crippen LogP contribution in [0.3, 0.4) is 0 Å². The van der Waals surface area contributed by atoms with Crippen LogP contribution in [0.2, 0.25) is 0 Å². The number of nitrogens with zero attached hydrogens (tertiary/aromatic N) is 1. The molecule has 0 aromatic heterocycles. The topological polar surface area (TPSA) is 15.3 Å². The molecule has 21 heavy (non-hydrogen) atoms. The molecule has 0 aromatic rings. The molecule has 1 N–H and O–H groups in total. The van der Waals surface area contributed by atoms with Crippen LogP contribution in [0.1, 0.15) is 77.6 Å². The first kappa shape index (κ1) is 15.8. The summed E-state index contributed by atoms with van der Waals surface area (Å²) >= 11 is 0. The van der Waals surface area contributed by atoms with Gasteiger partial charge in [-0.15, -0.1) is 0 Å². The molecular weight excluding hydrogens is 256 g/mol. The van der Waals surface area contributed by atoms with E-state index in [1.807, 2.05) is 0 Å². The number of rotatable bonds is 5. The van der Waals surface area contributed by atoms with E-state index < -0.39 is 0 Å². The van der Waals surface area contributed by atoms with Crippen LogP contribution >= 0.6 is 0 Å². The highest BCUT2D eigenvalue weighted by molar-refractivity contribution is 5.07. The van der Waals surface area contributed by atoms with E-state index in [4.69, 9.17) is 0 Å². The summed E-state index contributed by atoms with van der Waals surface area (Å²) in [5.74, 6) is 1.95. The zero-order valence-corrected chi connectivity index (χ0v) is 14.4. The summed E-state index contributed by atoms with van der Waals surface area (Å²) in [7, 11) is 2.24. The van der Waals surface area contributed by atoms with Crippen LogP contribution in [-0.4, -0.2) is 36.6 Å². The highest BCUT2D eigenvalue weighted by atomic mass is 15.2. The number of nitrogens with one attached hydrogen (secondary N) is 1. The first-order chi connectivity index (χ1) is 10.3. The molecule has 1 heterocycles. The van der Waals surface area contributed by atoms with E-state index in [-0.39, 0.29) is 0 Å². The average molecular weight is 293 g/mol. The molecule has 0 aromatic carbocycles. The van der Waals surface area contributed by atoms with Crippen molar-refractivity contribution in [2.75, 3.05) is 20.1 Å². The Balaban J connectivity index is 1.73. The third-order valence-corrected chi connectivity index (χ3v) is 7.04. The van der Waals surface area contributed by atoms with Gasteiger partial charge in [0.25, 0.3) is 0 Å². The zero-order valence-electron chi connectivity index (χ0n) is 14.4. The Kier molecular flexibility index (Phi) is 5.27. The van der Waals surface area contributed by atoms with E-state index in [2.05, 4.69) is 24.2 Å². The van der Waals surface area contributed by atoms with Gasteiger partial charge in [0.05, 0.1) is 0 Å². The minimum Gasteiger partial charge on any atom is -0.315 e. The molecule has 0 bridgehead atoms. The summed E-state index contributed by atoms with van der Waals surface area (Å²) < 4.78 is 0. The molecular formula is C19H36N2. The summed E-state index contributed by atoms with van der Waals surface area (Å²) in [6, 6.07) is 0.746. The number of likely N-dealkylation sites (N-methyl/N-ethyl adjacent to an activating group) is 1. The molecule has 2 saturated carbocycles. The van der Waals surface area contributed by atoms with Gasteiger partial charge >= 0.3 is 0 Å². The maximum absolute atomic E-state index is 3.82. The van der Waals surface area contributed by atoms with Crippen LogP contribution in [-0.2, 0) is 0 Å². The molecule has 2 heteroatoms. The number of hydrogen-bond acceptors (Lipinski definition) is 2. The molecule has 1 atom stereocenters. The normalized spacial score (nSPS) is 35.1. The molecule has 122 valence electrons. The van der Waals surface area contributed by atoms with Crippen LogP contribution < -0.4 is 5.32 Å². The van der Waals surface area contributed by atoms with E-state index >= 15 is 0 Å². The molecule has 0 radical (unpaired) electrons. The van der Waals surface area contributed by atoms with E-state index in [0.717, 1.165) is 17.9 Å². The Morgan fingerprint density at radius 3 is 2.14 bits per heavy atom. The fraction of sp³-hybridized carbons (Fsp3) is 1.00. The predicted octanol–water partition coefficient (Wildman–Crippen LogP) is 4.20. The van der Waals surface area contributed by atoms with Crippen LogP contribution in [0.5, 0.6) is 0 Å².